The predicted octanol–water partition coefficient (Wildman–Crippen LogP) is 2.26. The van der Waals surface area contributed by atoms with Crippen molar-refractivity contribution >= 4 is 5.97 Å². The Labute approximate surface area is 98.5 Å². The molecule has 0 heterocycles. The van der Waals surface area contributed by atoms with Gasteiger partial charge in [-0.1, -0.05) is 6.92 Å². The van der Waals surface area contributed by atoms with E-state index in [4.69, 9.17) is 0 Å². The second kappa shape index (κ2) is 5.23. The van der Waals surface area contributed by atoms with Gasteiger partial charge in [-0.15, -0.1) is 0 Å². The normalized spacial score (nSPS) is 14.4. The molecule has 0 aliphatic heterocycles. The topological polar surface area (TPSA) is 49.3 Å². The van der Waals surface area contributed by atoms with Crippen LogP contribution in [0.25, 0.3) is 0 Å². The zero-order valence-corrected chi connectivity index (χ0v) is 9.76. The van der Waals surface area contributed by atoms with E-state index in [1.165, 1.54) is 6.92 Å². The first-order valence-corrected chi connectivity index (χ1v) is 5.35. The molecule has 0 bridgehead atoms. The quantitative estimate of drug-likeness (QED) is 0.834. The lowest BCUT2D eigenvalue weighted by Crippen LogP contribution is -2.47. The molecule has 1 unspecified atom stereocenters. The summed E-state index contributed by atoms with van der Waals surface area (Å²) >= 11 is 0. The van der Waals surface area contributed by atoms with E-state index in [0.717, 1.165) is 18.6 Å². The zero-order chi connectivity index (χ0) is 13.1. The minimum Gasteiger partial charge on any atom is -0.480 e. The van der Waals surface area contributed by atoms with E-state index < -0.39 is 23.1 Å². The number of nitrogens with one attached hydrogen (secondary N) is 1. The Bertz CT molecular complexity index is 403. The molecule has 3 nitrogen and oxygen atoms in total. The first-order valence-electron chi connectivity index (χ1n) is 5.35. The molecular weight excluding hydrogens is 228 g/mol. The summed E-state index contributed by atoms with van der Waals surface area (Å²) in [6.45, 7) is 3.71. The number of carboxylic acid groups (broad SMARTS) is 1. The van der Waals surface area contributed by atoms with E-state index >= 15 is 0 Å². The maximum Gasteiger partial charge on any atom is 0.328 e. The summed E-state index contributed by atoms with van der Waals surface area (Å²) in [5, 5.41) is 12.0. The van der Waals surface area contributed by atoms with Gasteiger partial charge in [-0.3, -0.25) is 5.32 Å². The van der Waals surface area contributed by atoms with Crippen LogP contribution in [0.3, 0.4) is 0 Å². The fourth-order valence-corrected chi connectivity index (χ4v) is 1.52. The number of benzene rings is 1. The summed E-state index contributed by atoms with van der Waals surface area (Å²) < 4.78 is 26.2. The summed E-state index contributed by atoms with van der Waals surface area (Å²) in [5.74, 6) is -2.74. The number of halogens is 2. The van der Waals surface area contributed by atoms with Crippen molar-refractivity contribution in [3.8, 4) is 0 Å². The molecule has 1 aromatic rings. The van der Waals surface area contributed by atoms with Gasteiger partial charge in [0.25, 0.3) is 0 Å². The maximum atomic E-state index is 13.1. The Hall–Kier alpha value is -1.49. The predicted molar refractivity (Wildman–Crippen MR) is 59.6 cm³/mol. The van der Waals surface area contributed by atoms with Crippen molar-refractivity contribution in [1.29, 1.82) is 0 Å². The van der Waals surface area contributed by atoms with E-state index in [1.54, 1.807) is 0 Å². The molecule has 94 valence electrons. The molecule has 0 aliphatic carbocycles. The smallest absolute Gasteiger partial charge is 0.328 e. The van der Waals surface area contributed by atoms with Crippen LogP contribution in [0.4, 0.5) is 8.78 Å². The van der Waals surface area contributed by atoms with E-state index in [2.05, 4.69) is 5.32 Å². The summed E-state index contributed by atoms with van der Waals surface area (Å²) in [4.78, 5) is 11.2. The molecule has 0 aliphatic rings. The lowest BCUT2D eigenvalue weighted by molar-refractivity contribution is -0.144. The molecule has 1 atom stereocenters. The second-order valence-electron chi connectivity index (χ2n) is 4.02. The van der Waals surface area contributed by atoms with E-state index in [9.17, 15) is 18.7 Å². The average molecular weight is 243 g/mol. The fourth-order valence-electron chi connectivity index (χ4n) is 1.52. The molecule has 2 N–H and O–H groups in total. The van der Waals surface area contributed by atoms with Gasteiger partial charge in [-0.05, 0) is 37.6 Å². The van der Waals surface area contributed by atoms with Crippen LogP contribution in [0.1, 0.15) is 25.8 Å². The van der Waals surface area contributed by atoms with Crippen molar-refractivity contribution in [1.82, 2.24) is 5.32 Å². The van der Waals surface area contributed by atoms with Crippen LogP contribution in [-0.2, 0) is 10.3 Å². The first kappa shape index (κ1) is 13.6. The second-order valence-corrected chi connectivity index (χ2v) is 4.02. The Balaban J connectivity index is 3.17. The van der Waals surface area contributed by atoms with Gasteiger partial charge in [0.05, 0.1) is 0 Å². The summed E-state index contributed by atoms with van der Waals surface area (Å²) in [6, 6.07) is 2.77. The number of carboxylic acids is 1. The monoisotopic (exact) mass is 243 g/mol. The number of aliphatic carboxylic acids is 1. The minimum atomic E-state index is -1.49. The van der Waals surface area contributed by atoms with Crippen molar-refractivity contribution in [2.45, 2.75) is 25.8 Å². The Morgan fingerprint density at radius 1 is 1.35 bits per heavy atom. The van der Waals surface area contributed by atoms with Crippen LogP contribution in [-0.4, -0.2) is 17.6 Å². The van der Waals surface area contributed by atoms with Crippen LogP contribution >= 0.6 is 0 Å². The minimum absolute atomic E-state index is 0.0657. The summed E-state index contributed by atoms with van der Waals surface area (Å²) in [7, 11) is 0. The average Bonchev–Trinajstić information content (AvgIpc) is 2.24. The van der Waals surface area contributed by atoms with Crippen LogP contribution < -0.4 is 5.32 Å². The molecule has 0 spiro atoms. The molecule has 0 saturated carbocycles. The fraction of sp³-hybridized carbons (Fsp3) is 0.417. The lowest BCUT2D eigenvalue weighted by atomic mass is 9.91. The highest BCUT2D eigenvalue weighted by Crippen LogP contribution is 2.23. The molecular formula is C12H15F2NO2. The van der Waals surface area contributed by atoms with Crippen molar-refractivity contribution < 1.29 is 18.7 Å². The highest BCUT2D eigenvalue weighted by atomic mass is 19.1. The third kappa shape index (κ3) is 3.00. The Morgan fingerprint density at radius 2 is 1.88 bits per heavy atom. The van der Waals surface area contributed by atoms with E-state index in [0.29, 0.717) is 12.6 Å². The standard InChI is InChI=1S/C12H15F2NO2/c1-3-4-15-12(2,11(16)17)8-5-9(13)7-10(14)6-8/h5-7,15H,3-4H2,1-2H3,(H,16,17). The van der Waals surface area contributed by atoms with Crippen molar-refractivity contribution in [2.24, 2.45) is 0 Å². The van der Waals surface area contributed by atoms with Gasteiger partial charge in [0.2, 0.25) is 0 Å². The third-order valence-corrected chi connectivity index (χ3v) is 2.60. The van der Waals surface area contributed by atoms with Crippen molar-refractivity contribution in [3.05, 3.63) is 35.4 Å². The van der Waals surface area contributed by atoms with Crippen molar-refractivity contribution in [3.63, 3.8) is 0 Å². The molecule has 0 radical (unpaired) electrons. The van der Waals surface area contributed by atoms with Gasteiger partial charge in [0, 0.05) is 6.07 Å². The summed E-state index contributed by atoms with van der Waals surface area (Å²) in [5.41, 5.74) is -1.42. The van der Waals surface area contributed by atoms with Gasteiger partial charge in [-0.25, -0.2) is 13.6 Å². The van der Waals surface area contributed by atoms with Gasteiger partial charge in [0.15, 0.2) is 0 Å². The SMILES string of the molecule is CCCNC(C)(C(=O)O)c1cc(F)cc(F)c1. The van der Waals surface area contributed by atoms with Gasteiger partial charge >= 0.3 is 5.97 Å². The van der Waals surface area contributed by atoms with Crippen LogP contribution in [0.15, 0.2) is 18.2 Å². The zero-order valence-electron chi connectivity index (χ0n) is 9.76. The molecule has 0 saturated heterocycles. The maximum absolute atomic E-state index is 13.1. The van der Waals surface area contributed by atoms with E-state index in [-0.39, 0.29) is 5.56 Å². The van der Waals surface area contributed by atoms with Crippen molar-refractivity contribution in [2.75, 3.05) is 6.54 Å². The van der Waals surface area contributed by atoms with Gasteiger partial charge in [0.1, 0.15) is 17.2 Å². The van der Waals surface area contributed by atoms with Crippen LogP contribution in [0.5, 0.6) is 0 Å². The van der Waals surface area contributed by atoms with Crippen LogP contribution in [0.2, 0.25) is 0 Å². The largest absolute Gasteiger partial charge is 0.480 e. The highest BCUT2D eigenvalue weighted by Gasteiger charge is 2.35. The number of carbonyl (C=O) groups is 1. The van der Waals surface area contributed by atoms with Gasteiger partial charge < -0.3 is 5.11 Å². The molecule has 5 heteroatoms. The third-order valence-electron chi connectivity index (χ3n) is 2.60. The Kier molecular flexibility index (Phi) is 4.17. The van der Waals surface area contributed by atoms with E-state index in [1.807, 2.05) is 6.92 Å². The molecule has 0 aromatic heterocycles. The van der Waals surface area contributed by atoms with Crippen LogP contribution in [0, 0.1) is 11.6 Å². The van der Waals surface area contributed by atoms with Gasteiger partial charge in [-0.2, -0.15) is 0 Å². The molecule has 1 aromatic carbocycles. The highest BCUT2D eigenvalue weighted by molar-refractivity contribution is 5.80. The molecule has 0 fully saturated rings. The molecule has 0 amide bonds. The first-order chi connectivity index (χ1) is 7.90. The Morgan fingerprint density at radius 3 is 2.29 bits per heavy atom. The molecule has 1 rings (SSSR count). The lowest BCUT2D eigenvalue weighted by Gasteiger charge is -2.26. The number of hydrogen-bond donors (Lipinski definition) is 2. The molecule has 17 heavy (non-hydrogen) atoms. The number of rotatable bonds is 5. The summed E-state index contributed by atoms with van der Waals surface area (Å²) in [6.07, 6.45) is 0.723. The number of hydrogen-bond acceptors (Lipinski definition) is 2.